The molecule has 0 spiro atoms. The summed E-state index contributed by atoms with van der Waals surface area (Å²) in [5.74, 6) is 0.541. The molecule has 18 heteroatoms. The summed E-state index contributed by atoms with van der Waals surface area (Å²) in [6, 6.07) is 24.3. The normalized spacial score (nSPS) is 13.1. The average Bonchev–Trinajstić information content (AvgIpc) is 3.81. The molecule has 4 heterocycles. The highest BCUT2D eigenvalue weighted by Crippen LogP contribution is 3.02. The van der Waals surface area contributed by atoms with Crippen LogP contribution in [0.3, 0.4) is 0 Å². The van der Waals surface area contributed by atoms with E-state index in [0.717, 1.165) is 46.2 Å². The minimum absolute atomic E-state index is 0.0587. The standard InChI is InChI=1S/C21H15F4N3O.C18H11F5N2O2S/c22-9-11-28-13-27-18-8-3-14(12-19(18)28)17-2-1-10-26-20(17)29-16-6-4-15(5-7-16)21(23,24)25;19-28(20,21,22,23)15-6-4-14(5-7-15)26-18-16(2-1-9-24-18)12-3-8-17-13(10-12)11-25-27-17/h1-8,10,12-13H,9,11H2;1-11H. The fourth-order valence-corrected chi connectivity index (χ4v) is 6.27. The highest BCUT2D eigenvalue weighted by atomic mass is 32.5. The van der Waals surface area contributed by atoms with E-state index >= 15 is 0 Å². The van der Waals surface area contributed by atoms with Gasteiger partial charge in [0.05, 0.1) is 35.7 Å². The molecule has 0 saturated carbocycles. The van der Waals surface area contributed by atoms with Gasteiger partial charge in [-0.2, -0.15) is 13.2 Å². The van der Waals surface area contributed by atoms with Gasteiger partial charge in [-0.3, -0.25) is 0 Å². The number of alkyl halides is 4. The van der Waals surface area contributed by atoms with E-state index in [1.54, 1.807) is 53.4 Å². The van der Waals surface area contributed by atoms with Crippen molar-refractivity contribution in [1.82, 2.24) is 24.7 Å². The van der Waals surface area contributed by atoms with Crippen LogP contribution in [-0.2, 0) is 12.7 Å². The maximum absolute atomic E-state index is 12.8. The van der Waals surface area contributed by atoms with E-state index in [0.29, 0.717) is 34.4 Å². The Morgan fingerprint density at radius 2 is 1.25 bits per heavy atom. The van der Waals surface area contributed by atoms with Crippen molar-refractivity contribution in [1.29, 1.82) is 0 Å². The minimum atomic E-state index is -9.73. The predicted octanol–water partition coefficient (Wildman–Crippen LogP) is 13.2. The molecule has 0 aliphatic heterocycles. The number of ether oxygens (including phenoxy) is 2. The van der Waals surface area contributed by atoms with Gasteiger partial charge in [0.1, 0.15) is 23.1 Å². The molecule has 8 rings (SSSR count). The number of hydrogen-bond donors (Lipinski definition) is 0. The van der Waals surface area contributed by atoms with Gasteiger partial charge in [0.25, 0.3) is 0 Å². The maximum Gasteiger partial charge on any atom is 0.416 e. The molecule has 0 saturated heterocycles. The maximum atomic E-state index is 12.8. The van der Waals surface area contributed by atoms with Crippen molar-refractivity contribution in [2.45, 2.75) is 17.6 Å². The summed E-state index contributed by atoms with van der Waals surface area (Å²) < 4.78 is 133. The topological polar surface area (TPSA) is 88.1 Å². The molecule has 0 amide bonds. The minimum Gasteiger partial charge on any atom is -0.438 e. The van der Waals surface area contributed by atoms with Gasteiger partial charge in [0, 0.05) is 28.9 Å². The van der Waals surface area contributed by atoms with Crippen molar-refractivity contribution < 1.29 is 51.0 Å². The molecule has 0 atom stereocenters. The van der Waals surface area contributed by atoms with Crippen molar-refractivity contribution in [3.05, 3.63) is 140 Å². The second-order valence-electron chi connectivity index (χ2n) is 12.3. The smallest absolute Gasteiger partial charge is 0.416 e. The first-order chi connectivity index (χ1) is 26.9. The van der Waals surface area contributed by atoms with Gasteiger partial charge < -0.3 is 18.6 Å². The van der Waals surface area contributed by atoms with Crippen molar-refractivity contribution in [2.75, 3.05) is 6.67 Å². The van der Waals surface area contributed by atoms with Gasteiger partial charge in [-0.05, 0) is 108 Å². The Morgan fingerprint density at radius 1 is 0.667 bits per heavy atom. The zero-order valence-corrected chi connectivity index (χ0v) is 29.7. The number of aryl methyl sites for hydroxylation is 1. The number of nitrogens with zero attached hydrogens (tertiary/aromatic N) is 5. The Hall–Kier alpha value is -6.56. The Balaban J connectivity index is 0.000000174. The van der Waals surface area contributed by atoms with Crippen LogP contribution in [0.2, 0.25) is 0 Å². The third-order valence-electron chi connectivity index (χ3n) is 8.34. The van der Waals surface area contributed by atoms with Crippen LogP contribution in [0.15, 0.2) is 144 Å². The predicted molar refractivity (Wildman–Crippen MR) is 196 cm³/mol. The van der Waals surface area contributed by atoms with Gasteiger partial charge in [-0.15, -0.1) is 0 Å². The second-order valence-corrected chi connectivity index (χ2v) is 14.7. The number of aromatic nitrogens is 5. The molecule has 4 aromatic heterocycles. The Labute approximate surface area is 316 Å². The van der Waals surface area contributed by atoms with Crippen molar-refractivity contribution in [3.63, 3.8) is 0 Å². The largest absolute Gasteiger partial charge is 0.438 e. The van der Waals surface area contributed by atoms with Crippen LogP contribution >= 0.6 is 10.2 Å². The van der Waals surface area contributed by atoms with E-state index in [-0.39, 0.29) is 29.8 Å². The number of fused-ring (bicyclic) bond motifs is 2. The van der Waals surface area contributed by atoms with E-state index < -0.39 is 33.5 Å². The molecule has 0 bridgehead atoms. The Kier molecular flexibility index (Phi) is 9.63. The van der Waals surface area contributed by atoms with Crippen LogP contribution in [0.4, 0.5) is 37.0 Å². The van der Waals surface area contributed by atoms with E-state index in [4.69, 9.17) is 14.0 Å². The molecule has 8 nitrogen and oxygen atoms in total. The van der Waals surface area contributed by atoms with E-state index in [9.17, 15) is 37.0 Å². The first kappa shape index (κ1) is 38.7. The molecule has 0 N–H and O–H groups in total. The average molecular weight is 816 g/mol. The number of rotatable bonds is 9. The summed E-state index contributed by atoms with van der Waals surface area (Å²) >= 11 is 0. The lowest BCUT2D eigenvalue weighted by Crippen LogP contribution is -2.05. The lowest BCUT2D eigenvalue weighted by Gasteiger charge is -2.40. The van der Waals surface area contributed by atoms with Gasteiger partial charge >= 0.3 is 16.4 Å². The van der Waals surface area contributed by atoms with E-state index in [2.05, 4.69) is 20.1 Å². The van der Waals surface area contributed by atoms with Gasteiger partial charge in [-0.1, -0.05) is 36.7 Å². The first-order valence-electron chi connectivity index (χ1n) is 16.6. The van der Waals surface area contributed by atoms with Crippen molar-refractivity contribution in [3.8, 4) is 45.5 Å². The van der Waals surface area contributed by atoms with Crippen LogP contribution in [0.1, 0.15) is 5.56 Å². The molecule has 294 valence electrons. The monoisotopic (exact) mass is 815 g/mol. The van der Waals surface area contributed by atoms with Crippen molar-refractivity contribution in [2.24, 2.45) is 0 Å². The molecule has 0 radical (unpaired) electrons. The van der Waals surface area contributed by atoms with Gasteiger partial charge in [0.15, 0.2) is 5.58 Å². The van der Waals surface area contributed by atoms with E-state index in [1.807, 2.05) is 18.2 Å². The van der Waals surface area contributed by atoms with Gasteiger partial charge in [0.2, 0.25) is 11.8 Å². The summed E-state index contributed by atoms with van der Waals surface area (Å²) in [5, 5.41) is 4.44. The lowest BCUT2D eigenvalue weighted by molar-refractivity contribution is -0.137. The van der Waals surface area contributed by atoms with Crippen LogP contribution in [0.25, 0.3) is 44.3 Å². The fourth-order valence-electron chi connectivity index (χ4n) is 5.62. The zero-order valence-electron chi connectivity index (χ0n) is 28.9. The summed E-state index contributed by atoms with van der Waals surface area (Å²) in [4.78, 5) is 10.6. The molecular formula is C39H26F9N5O3S. The summed E-state index contributed by atoms with van der Waals surface area (Å²) in [7, 11) is -9.73. The van der Waals surface area contributed by atoms with Crippen LogP contribution in [0, 0.1) is 0 Å². The molecule has 4 aromatic carbocycles. The van der Waals surface area contributed by atoms with Crippen LogP contribution in [-0.4, -0.2) is 31.4 Å². The number of halogens is 9. The van der Waals surface area contributed by atoms with Crippen molar-refractivity contribution >= 4 is 32.2 Å². The van der Waals surface area contributed by atoms with Gasteiger partial charge in [-0.25, -0.2) is 19.3 Å². The molecule has 57 heavy (non-hydrogen) atoms. The molecule has 8 aromatic rings. The summed E-state index contributed by atoms with van der Waals surface area (Å²) in [5.41, 5.74) is 4.03. The number of pyridine rings is 2. The van der Waals surface area contributed by atoms with Crippen LogP contribution < -0.4 is 9.47 Å². The number of hydrogen-bond acceptors (Lipinski definition) is 7. The number of imidazole rings is 1. The molecule has 0 aliphatic carbocycles. The highest BCUT2D eigenvalue weighted by molar-refractivity contribution is 8.45. The Bertz CT molecular complexity index is 2690. The quantitative estimate of drug-likeness (QED) is 0.134. The highest BCUT2D eigenvalue weighted by Gasteiger charge is 2.65. The van der Waals surface area contributed by atoms with E-state index in [1.165, 1.54) is 30.7 Å². The third kappa shape index (κ3) is 8.96. The third-order valence-corrected chi connectivity index (χ3v) is 9.51. The first-order valence-corrected chi connectivity index (χ1v) is 18.5. The zero-order chi connectivity index (χ0) is 40.5. The molecular weight excluding hydrogens is 790 g/mol. The fraction of sp³-hybridized carbons (Fsp3) is 0.0769. The molecule has 0 unspecified atom stereocenters. The Morgan fingerprint density at radius 3 is 1.82 bits per heavy atom. The lowest BCUT2D eigenvalue weighted by atomic mass is 10.1. The molecule has 0 aliphatic rings. The second kappa shape index (κ2) is 14.2. The van der Waals surface area contributed by atoms with Crippen LogP contribution in [0.5, 0.6) is 23.3 Å². The molecule has 0 fully saturated rings. The SMILES string of the molecule is FCCn1cnc2ccc(-c3cccnc3Oc3ccc(C(F)(F)F)cc3)cc21.FS(F)(F)(F)(F)c1ccc(Oc2ncccc2-c2ccc3oncc3c2)cc1. The summed E-state index contributed by atoms with van der Waals surface area (Å²) in [6.45, 7) is -0.313. The summed E-state index contributed by atoms with van der Waals surface area (Å²) in [6.07, 6.45) is 1.69. The number of benzene rings is 4.